The summed E-state index contributed by atoms with van der Waals surface area (Å²) < 4.78 is 73.8. The zero-order chi connectivity index (χ0) is 24.6. The van der Waals surface area contributed by atoms with E-state index in [1.807, 2.05) is 0 Å². The highest BCUT2D eigenvalue weighted by Gasteiger charge is 2.69. The number of hydrogen-bond donors (Lipinski definition) is 3. The van der Waals surface area contributed by atoms with E-state index in [9.17, 15) is 36.0 Å². The van der Waals surface area contributed by atoms with Crippen molar-refractivity contribution in [3.63, 3.8) is 0 Å². The van der Waals surface area contributed by atoms with E-state index in [2.05, 4.69) is 5.32 Å². The molecule has 1 fully saturated rings. The summed E-state index contributed by atoms with van der Waals surface area (Å²) in [5, 5.41) is 3.80. The van der Waals surface area contributed by atoms with Gasteiger partial charge in [0.05, 0.1) is 17.7 Å². The molecule has 1 saturated heterocycles. The number of rotatable bonds is 6. The second kappa shape index (κ2) is 8.37. The van der Waals surface area contributed by atoms with E-state index in [0.717, 1.165) is 36.4 Å². The molecule has 0 radical (unpaired) electrons. The van der Waals surface area contributed by atoms with Gasteiger partial charge in [-0.1, -0.05) is 0 Å². The van der Waals surface area contributed by atoms with Gasteiger partial charge in [-0.05, 0) is 48.5 Å². The molecule has 10 nitrogen and oxygen atoms in total. The van der Waals surface area contributed by atoms with Crippen molar-refractivity contribution < 1.29 is 40.7 Å². The lowest BCUT2D eigenvalue weighted by Gasteiger charge is -2.29. The average molecular weight is 486 g/mol. The Bertz CT molecular complexity index is 1200. The Morgan fingerprint density at radius 3 is 2.12 bits per heavy atom. The first kappa shape index (κ1) is 24.0. The molecule has 0 unspecified atom stereocenters. The van der Waals surface area contributed by atoms with Crippen molar-refractivity contribution in [1.29, 1.82) is 0 Å². The number of ether oxygens (including phenoxy) is 1. The first-order chi connectivity index (χ1) is 15.3. The largest absolute Gasteiger partial charge is 0.497 e. The molecule has 33 heavy (non-hydrogen) atoms. The molecule has 3 N–H and O–H groups in total. The number of halogens is 3. The van der Waals surface area contributed by atoms with Gasteiger partial charge in [0.2, 0.25) is 15.9 Å². The number of nitrogens with one attached hydrogen (secondary N) is 3. The quantitative estimate of drug-likeness (QED) is 0.535. The topological polar surface area (TPSA) is 134 Å². The number of anilines is 2. The third-order valence-corrected chi connectivity index (χ3v) is 6.02. The van der Waals surface area contributed by atoms with Gasteiger partial charge >= 0.3 is 12.2 Å². The molecular weight excluding hydrogens is 469 g/mol. The first-order valence-corrected chi connectivity index (χ1v) is 10.6. The van der Waals surface area contributed by atoms with Crippen LogP contribution < -0.4 is 25.0 Å². The van der Waals surface area contributed by atoms with Crippen LogP contribution in [-0.2, 0) is 19.6 Å². The Labute approximate surface area is 185 Å². The molecule has 3 rings (SSSR count). The third-order valence-electron chi connectivity index (χ3n) is 4.55. The second-order valence-electron chi connectivity index (χ2n) is 6.83. The number of benzene rings is 2. The van der Waals surface area contributed by atoms with Crippen molar-refractivity contribution in [2.45, 2.75) is 23.7 Å². The Morgan fingerprint density at radius 2 is 1.64 bits per heavy atom. The summed E-state index contributed by atoms with van der Waals surface area (Å²) in [6, 6.07) is 7.63. The summed E-state index contributed by atoms with van der Waals surface area (Å²) in [6.07, 6.45) is -5.54. The van der Waals surface area contributed by atoms with Gasteiger partial charge in [0, 0.05) is 12.6 Å². The number of carbonyl (C=O) groups excluding carboxylic acids is 3. The fourth-order valence-corrected chi connectivity index (χ4v) is 4.27. The minimum absolute atomic E-state index is 0.176. The van der Waals surface area contributed by atoms with Crippen molar-refractivity contribution in [2.24, 2.45) is 0 Å². The molecule has 1 aliphatic heterocycles. The van der Waals surface area contributed by atoms with Gasteiger partial charge < -0.3 is 15.4 Å². The van der Waals surface area contributed by atoms with Crippen LogP contribution in [-0.4, -0.2) is 45.2 Å². The monoisotopic (exact) mass is 486 g/mol. The smallest absolute Gasteiger partial charge is 0.435 e. The van der Waals surface area contributed by atoms with Crippen molar-refractivity contribution in [3.05, 3.63) is 48.5 Å². The molecule has 2 aromatic rings. The van der Waals surface area contributed by atoms with E-state index in [1.165, 1.54) is 36.2 Å². The zero-order valence-electron chi connectivity index (χ0n) is 17.1. The predicted molar refractivity (Wildman–Crippen MR) is 109 cm³/mol. The van der Waals surface area contributed by atoms with E-state index < -0.39 is 44.6 Å². The molecule has 0 spiro atoms. The fraction of sp³-hybridized carbons (Fsp3) is 0.211. The van der Waals surface area contributed by atoms with Gasteiger partial charge in [-0.15, -0.1) is 0 Å². The number of sulfonamides is 1. The highest BCUT2D eigenvalue weighted by atomic mass is 32.2. The molecule has 4 amide bonds. The summed E-state index contributed by atoms with van der Waals surface area (Å²) in [5.74, 6) is -2.02. The number of imide groups is 1. The summed E-state index contributed by atoms with van der Waals surface area (Å²) in [5.41, 5.74) is -3.98. The van der Waals surface area contributed by atoms with Crippen molar-refractivity contribution in [1.82, 2.24) is 10.0 Å². The van der Waals surface area contributed by atoms with Gasteiger partial charge in [-0.2, -0.15) is 17.9 Å². The van der Waals surface area contributed by atoms with Gasteiger partial charge in [0.1, 0.15) is 5.75 Å². The maximum atomic E-state index is 14.0. The molecule has 1 atom stereocenters. The van der Waals surface area contributed by atoms with Crippen LogP contribution in [0.15, 0.2) is 53.4 Å². The average Bonchev–Trinajstić information content (AvgIpc) is 2.98. The van der Waals surface area contributed by atoms with E-state index in [1.54, 1.807) is 0 Å². The molecule has 0 aromatic heterocycles. The normalized spacial score (nSPS) is 18.8. The Morgan fingerprint density at radius 1 is 1.06 bits per heavy atom. The highest BCUT2D eigenvalue weighted by Crippen LogP contribution is 2.37. The standard InChI is InChI=1S/C19H17F3N4O6S/c1-11(27)23-12-3-9-15(10-4-12)33(30,31)25-18(19(20,21)22)16(28)26(17(29)24-18)13-5-7-14(32-2)8-6-13/h3-10,25H,1-2H3,(H,23,27)(H,24,29)/t18-/m0/s1. The summed E-state index contributed by atoms with van der Waals surface area (Å²) in [6.45, 7) is 1.21. The Hall–Kier alpha value is -3.65. The van der Waals surface area contributed by atoms with Crippen LogP contribution in [0.2, 0.25) is 0 Å². The molecule has 176 valence electrons. The van der Waals surface area contributed by atoms with Crippen LogP contribution >= 0.6 is 0 Å². The lowest BCUT2D eigenvalue weighted by atomic mass is 10.1. The molecule has 1 aliphatic rings. The number of hydrogen-bond acceptors (Lipinski definition) is 6. The number of amides is 4. The Balaban J connectivity index is 1.98. The number of carbonyl (C=O) groups is 3. The van der Waals surface area contributed by atoms with E-state index in [4.69, 9.17) is 4.74 Å². The number of alkyl halides is 3. The fourth-order valence-electron chi connectivity index (χ4n) is 3.00. The van der Waals surface area contributed by atoms with Gasteiger partial charge in [-0.25, -0.2) is 18.1 Å². The maximum Gasteiger partial charge on any atom is 0.435 e. The third kappa shape index (κ3) is 4.47. The minimum Gasteiger partial charge on any atom is -0.497 e. The Kier molecular flexibility index (Phi) is 6.08. The molecule has 0 saturated carbocycles. The van der Waals surface area contributed by atoms with Gasteiger partial charge in [-0.3, -0.25) is 9.59 Å². The zero-order valence-corrected chi connectivity index (χ0v) is 17.9. The van der Waals surface area contributed by atoms with Crippen LogP contribution in [0, 0.1) is 0 Å². The molecule has 14 heteroatoms. The summed E-state index contributed by atoms with van der Waals surface area (Å²) >= 11 is 0. The van der Waals surface area contributed by atoms with Gasteiger partial charge in [0.15, 0.2) is 0 Å². The number of nitrogens with zero attached hydrogens (tertiary/aromatic N) is 1. The number of urea groups is 1. The predicted octanol–water partition coefficient (Wildman–Crippen LogP) is 1.95. The van der Waals surface area contributed by atoms with Crippen LogP contribution in [0.5, 0.6) is 5.75 Å². The second-order valence-corrected chi connectivity index (χ2v) is 8.51. The van der Waals surface area contributed by atoms with Gasteiger partial charge in [0.25, 0.3) is 11.6 Å². The van der Waals surface area contributed by atoms with E-state index in [-0.39, 0.29) is 16.3 Å². The summed E-state index contributed by atoms with van der Waals surface area (Å²) in [4.78, 5) is 35.8. The molecule has 0 bridgehead atoms. The minimum atomic E-state index is -5.54. The van der Waals surface area contributed by atoms with E-state index in [0.29, 0.717) is 5.75 Å². The van der Waals surface area contributed by atoms with E-state index >= 15 is 0 Å². The molecule has 2 aromatic carbocycles. The van der Waals surface area contributed by atoms with Crippen LogP contribution in [0.3, 0.4) is 0 Å². The SMILES string of the molecule is COc1ccc(N2C(=O)N[C@@](NS(=O)(=O)c3ccc(NC(C)=O)cc3)(C(F)(F)F)C2=O)cc1. The highest BCUT2D eigenvalue weighted by molar-refractivity contribution is 7.89. The molecule has 1 heterocycles. The number of methoxy groups -OCH3 is 1. The van der Waals surface area contributed by atoms with Crippen LogP contribution in [0.25, 0.3) is 0 Å². The first-order valence-electron chi connectivity index (χ1n) is 9.10. The van der Waals surface area contributed by atoms with Crippen LogP contribution in [0.1, 0.15) is 6.92 Å². The molecule has 0 aliphatic carbocycles. The van der Waals surface area contributed by atoms with Crippen molar-refractivity contribution >= 4 is 39.2 Å². The summed E-state index contributed by atoms with van der Waals surface area (Å²) in [7, 11) is -3.63. The lowest BCUT2D eigenvalue weighted by molar-refractivity contribution is -0.194. The van der Waals surface area contributed by atoms with Crippen molar-refractivity contribution in [2.75, 3.05) is 17.3 Å². The molecular formula is C19H17F3N4O6S. The lowest BCUT2D eigenvalue weighted by Crippen LogP contribution is -2.69. The van der Waals surface area contributed by atoms with Crippen LogP contribution in [0.4, 0.5) is 29.3 Å². The maximum absolute atomic E-state index is 14.0. The van der Waals surface area contributed by atoms with Crippen molar-refractivity contribution in [3.8, 4) is 5.75 Å².